The number of hydrogen-bond donors (Lipinski definition) is 2. The highest BCUT2D eigenvalue weighted by Crippen LogP contribution is 2.67. The smallest absolute Gasteiger partial charge is 0.144 e. The van der Waals surface area contributed by atoms with Gasteiger partial charge in [-0.25, -0.2) is 0 Å². The molecule has 0 aromatic rings. The lowest BCUT2D eigenvalue weighted by Gasteiger charge is -2.57. The predicted molar refractivity (Wildman–Crippen MR) is 104 cm³/mol. The van der Waals surface area contributed by atoms with Gasteiger partial charge in [0.05, 0.1) is 0 Å². The molecule has 0 spiro atoms. The maximum absolute atomic E-state index is 11.2. The molecule has 138 valence electrons. The minimum absolute atomic E-state index is 0.213. The molecule has 0 aromatic carbocycles. The Balaban J connectivity index is 1.72. The second-order valence-corrected chi connectivity index (χ2v) is 9.16. The SMILES string of the molecule is C#CC1(O)C=C2CC[C@@H]3[C@H](C(=C)C[C@@]4(CC)[C@H]3CCC4(O)C#C)[C@H]2CC1. The molecule has 7 atom stereocenters. The third kappa shape index (κ3) is 2.16. The van der Waals surface area contributed by atoms with E-state index in [1.807, 2.05) is 6.08 Å². The first kappa shape index (κ1) is 17.9. The molecule has 0 amide bonds. The lowest BCUT2D eigenvalue weighted by Crippen LogP contribution is -2.54. The van der Waals surface area contributed by atoms with Gasteiger partial charge >= 0.3 is 0 Å². The second kappa shape index (κ2) is 5.76. The molecule has 4 aliphatic rings. The van der Waals surface area contributed by atoms with E-state index in [-0.39, 0.29) is 5.41 Å². The highest BCUT2D eigenvalue weighted by molar-refractivity contribution is 5.35. The van der Waals surface area contributed by atoms with Crippen LogP contribution in [0.5, 0.6) is 0 Å². The Morgan fingerprint density at radius 3 is 2.62 bits per heavy atom. The number of rotatable bonds is 1. The number of hydrogen-bond acceptors (Lipinski definition) is 2. The third-order valence-electron chi connectivity index (χ3n) is 8.40. The lowest BCUT2D eigenvalue weighted by atomic mass is 9.48. The Bertz CT molecular complexity index is 749. The average molecular weight is 351 g/mol. The van der Waals surface area contributed by atoms with Crippen LogP contribution in [0.25, 0.3) is 0 Å². The van der Waals surface area contributed by atoms with Gasteiger partial charge in [0.25, 0.3) is 0 Å². The Hall–Kier alpha value is -1.48. The van der Waals surface area contributed by atoms with E-state index >= 15 is 0 Å². The molecule has 2 N–H and O–H groups in total. The van der Waals surface area contributed by atoms with Crippen LogP contribution in [0.1, 0.15) is 58.3 Å². The first-order valence-corrected chi connectivity index (χ1v) is 10.1. The van der Waals surface area contributed by atoms with E-state index in [1.165, 1.54) is 11.1 Å². The van der Waals surface area contributed by atoms with Gasteiger partial charge in [0.2, 0.25) is 0 Å². The van der Waals surface area contributed by atoms with E-state index in [0.717, 1.165) is 38.5 Å². The molecule has 4 aliphatic carbocycles. The van der Waals surface area contributed by atoms with Crippen LogP contribution in [-0.2, 0) is 0 Å². The van der Waals surface area contributed by atoms with Gasteiger partial charge < -0.3 is 10.2 Å². The van der Waals surface area contributed by atoms with Crippen LogP contribution in [0.3, 0.4) is 0 Å². The molecule has 0 saturated heterocycles. The largest absolute Gasteiger partial charge is 0.377 e. The van der Waals surface area contributed by atoms with Crippen molar-refractivity contribution < 1.29 is 10.2 Å². The van der Waals surface area contributed by atoms with Crippen LogP contribution in [0.2, 0.25) is 0 Å². The molecule has 2 unspecified atom stereocenters. The molecule has 0 bridgehead atoms. The van der Waals surface area contributed by atoms with Crippen LogP contribution >= 0.6 is 0 Å². The molecule has 0 aromatic heterocycles. The van der Waals surface area contributed by atoms with Gasteiger partial charge in [-0.15, -0.1) is 12.8 Å². The Morgan fingerprint density at radius 1 is 1.19 bits per heavy atom. The fourth-order valence-corrected chi connectivity index (χ4v) is 7.19. The second-order valence-electron chi connectivity index (χ2n) is 9.16. The summed E-state index contributed by atoms with van der Waals surface area (Å²) >= 11 is 0. The van der Waals surface area contributed by atoms with E-state index in [2.05, 4.69) is 25.3 Å². The summed E-state index contributed by atoms with van der Waals surface area (Å²) < 4.78 is 0. The summed E-state index contributed by atoms with van der Waals surface area (Å²) in [5.41, 5.74) is 0.305. The fourth-order valence-electron chi connectivity index (χ4n) is 7.19. The van der Waals surface area contributed by atoms with Gasteiger partial charge in [0, 0.05) is 5.41 Å². The van der Waals surface area contributed by atoms with Crippen molar-refractivity contribution in [1.29, 1.82) is 0 Å². The van der Waals surface area contributed by atoms with E-state index in [0.29, 0.717) is 36.5 Å². The summed E-state index contributed by atoms with van der Waals surface area (Å²) in [5, 5.41) is 21.8. The van der Waals surface area contributed by atoms with Crippen LogP contribution in [0.4, 0.5) is 0 Å². The zero-order chi connectivity index (χ0) is 18.7. The van der Waals surface area contributed by atoms with E-state index < -0.39 is 11.2 Å². The molecular weight excluding hydrogens is 320 g/mol. The van der Waals surface area contributed by atoms with E-state index in [4.69, 9.17) is 12.8 Å². The molecular formula is C24H30O2. The van der Waals surface area contributed by atoms with Gasteiger partial charge in [0.15, 0.2) is 0 Å². The third-order valence-corrected chi connectivity index (χ3v) is 8.40. The van der Waals surface area contributed by atoms with Crippen molar-refractivity contribution in [2.24, 2.45) is 29.1 Å². The van der Waals surface area contributed by atoms with Crippen molar-refractivity contribution in [3.63, 3.8) is 0 Å². The molecule has 0 heterocycles. The van der Waals surface area contributed by atoms with Crippen molar-refractivity contribution in [3.8, 4) is 24.7 Å². The zero-order valence-corrected chi connectivity index (χ0v) is 15.8. The van der Waals surface area contributed by atoms with Gasteiger partial charge in [-0.05, 0) is 81.1 Å². The standard InChI is InChI=1S/C24H30O2/c1-5-22(25)12-10-18-17(15-22)8-9-19-20-11-13-24(26,7-3)23(20,6-2)14-16(4)21(18)19/h1,3,15,18-21,25-26H,4,6,8-14H2,2H3/t18-,19-,20-,21+,22?,23-,24?/m0/s1. The highest BCUT2D eigenvalue weighted by Gasteiger charge is 2.64. The summed E-state index contributed by atoms with van der Waals surface area (Å²) in [6, 6.07) is 0. The summed E-state index contributed by atoms with van der Waals surface area (Å²) in [4.78, 5) is 0. The first-order chi connectivity index (χ1) is 12.3. The number of terminal acetylenes is 2. The molecule has 26 heavy (non-hydrogen) atoms. The number of fused-ring (bicyclic) bond motifs is 5. The van der Waals surface area contributed by atoms with E-state index in [9.17, 15) is 10.2 Å². The Morgan fingerprint density at radius 2 is 1.96 bits per heavy atom. The van der Waals surface area contributed by atoms with Gasteiger partial charge in [-0.1, -0.05) is 36.5 Å². The van der Waals surface area contributed by atoms with Crippen LogP contribution < -0.4 is 0 Å². The predicted octanol–water partition coefficient (Wildman–Crippen LogP) is 3.84. The van der Waals surface area contributed by atoms with Gasteiger partial charge in [0.1, 0.15) is 11.2 Å². The van der Waals surface area contributed by atoms with Crippen molar-refractivity contribution in [2.45, 2.75) is 69.5 Å². The maximum Gasteiger partial charge on any atom is 0.144 e. The van der Waals surface area contributed by atoms with Crippen molar-refractivity contribution >= 4 is 0 Å². The minimum atomic E-state index is -1.07. The van der Waals surface area contributed by atoms with Crippen molar-refractivity contribution in [2.75, 3.05) is 0 Å². The molecule has 2 nitrogen and oxygen atoms in total. The van der Waals surface area contributed by atoms with Gasteiger partial charge in [-0.3, -0.25) is 0 Å². The summed E-state index contributed by atoms with van der Waals surface area (Å²) in [6.45, 7) is 6.67. The summed E-state index contributed by atoms with van der Waals surface area (Å²) in [7, 11) is 0. The molecule has 4 rings (SSSR count). The Labute approximate surface area is 157 Å². The van der Waals surface area contributed by atoms with Gasteiger partial charge in [-0.2, -0.15) is 0 Å². The van der Waals surface area contributed by atoms with Crippen LogP contribution in [0, 0.1) is 53.8 Å². The maximum atomic E-state index is 11.2. The van der Waals surface area contributed by atoms with Crippen LogP contribution in [0.15, 0.2) is 23.8 Å². The molecule has 3 saturated carbocycles. The minimum Gasteiger partial charge on any atom is -0.377 e. The topological polar surface area (TPSA) is 40.5 Å². The molecule has 3 fully saturated rings. The lowest BCUT2D eigenvalue weighted by molar-refractivity contribution is -0.0799. The normalized spacial score (nSPS) is 49.9. The zero-order valence-electron chi connectivity index (χ0n) is 15.8. The van der Waals surface area contributed by atoms with E-state index in [1.54, 1.807) is 0 Å². The summed E-state index contributed by atoms with van der Waals surface area (Å²) in [6.07, 6.45) is 20.4. The number of allylic oxidation sites excluding steroid dienone is 2. The number of aliphatic hydroxyl groups is 2. The van der Waals surface area contributed by atoms with Crippen molar-refractivity contribution in [3.05, 3.63) is 23.8 Å². The molecule has 0 radical (unpaired) electrons. The first-order valence-electron chi connectivity index (χ1n) is 10.1. The monoisotopic (exact) mass is 350 g/mol. The average Bonchev–Trinajstić information content (AvgIpc) is 2.95. The highest BCUT2D eigenvalue weighted by atomic mass is 16.3. The molecule has 0 aliphatic heterocycles. The quantitative estimate of drug-likeness (QED) is 0.557. The molecule has 2 heteroatoms. The Kier molecular flexibility index (Phi) is 3.97. The van der Waals surface area contributed by atoms with Crippen molar-refractivity contribution in [1.82, 2.24) is 0 Å². The fraction of sp³-hybridized carbons (Fsp3) is 0.667. The van der Waals surface area contributed by atoms with Crippen LogP contribution in [-0.4, -0.2) is 21.4 Å². The summed E-state index contributed by atoms with van der Waals surface area (Å²) in [5.74, 6) is 7.24.